The molecule has 6 nitrogen and oxygen atoms in total. The van der Waals surface area contributed by atoms with Gasteiger partial charge in [-0.2, -0.15) is 0 Å². The number of nitrogens with zero attached hydrogens (tertiary/aromatic N) is 1. The lowest BCUT2D eigenvalue weighted by Gasteiger charge is -2.21. The molecule has 1 aliphatic heterocycles. The summed E-state index contributed by atoms with van der Waals surface area (Å²) in [6.07, 6.45) is -0.807. The molecule has 0 saturated carbocycles. The molecular formula is C12H12BrClN2O4. The van der Waals surface area contributed by atoms with Crippen molar-refractivity contribution in [1.82, 2.24) is 4.90 Å². The minimum Gasteiger partial charge on any atom is -0.480 e. The topological polar surface area (TPSA) is 89.9 Å². The first-order chi connectivity index (χ1) is 9.38. The molecule has 1 aliphatic rings. The van der Waals surface area contributed by atoms with Crippen molar-refractivity contribution >= 4 is 45.2 Å². The first-order valence-corrected chi connectivity index (χ1v) is 6.99. The van der Waals surface area contributed by atoms with Crippen molar-refractivity contribution in [3.05, 3.63) is 27.7 Å². The summed E-state index contributed by atoms with van der Waals surface area (Å²) in [4.78, 5) is 24.2. The highest BCUT2D eigenvalue weighted by atomic mass is 79.9. The molecule has 1 aromatic carbocycles. The van der Waals surface area contributed by atoms with Gasteiger partial charge in [0.15, 0.2) is 0 Å². The van der Waals surface area contributed by atoms with E-state index in [4.69, 9.17) is 16.7 Å². The second kappa shape index (κ2) is 5.99. The Morgan fingerprint density at radius 3 is 2.75 bits per heavy atom. The number of aliphatic hydroxyl groups is 1. The molecule has 0 unspecified atom stereocenters. The minimum atomic E-state index is -1.14. The molecule has 1 saturated heterocycles. The number of carboxylic acid groups (broad SMARTS) is 1. The van der Waals surface area contributed by atoms with Gasteiger partial charge < -0.3 is 20.4 Å². The van der Waals surface area contributed by atoms with Crippen LogP contribution in [-0.2, 0) is 4.79 Å². The predicted octanol–water partition coefficient (Wildman–Crippen LogP) is 2.15. The summed E-state index contributed by atoms with van der Waals surface area (Å²) in [5.74, 6) is -1.14. The summed E-state index contributed by atoms with van der Waals surface area (Å²) in [6.45, 7) is -0.0169. The number of carbonyl (C=O) groups is 2. The molecule has 0 spiro atoms. The van der Waals surface area contributed by atoms with Gasteiger partial charge in [-0.25, -0.2) is 9.59 Å². The monoisotopic (exact) mass is 362 g/mol. The van der Waals surface area contributed by atoms with Crippen LogP contribution >= 0.6 is 27.5 Å². The van der Waals surface area contributed by atoms with Gasteiger partial charge in [0, 0.05) is 17.4 Å². The number of hydrogen-bond acceptors (Lipinski definition) is 3. The molecule has 0 aliphatic carbocycles. The highest BCUT2D eigenvalue weighted by molar-refractivity contribution is 9.10. The van der Waals surface area contributed by atoms with Gasteiger partial charge >= 0.3 is 12.0 Å². The Balaban J connectivity index is 2.13. The van der Waals surface area contributed by atoms with E-state index in [9.17, 15) is 14.7 Å². The summed E-state index contributed by atoms with van der Waals surface area (Å²) in [5.41, 5.74) is 0.380. The van der Waals surface area contributed by atoms with Crippen LogP contribution in [0.3, 0.4) is 0 Å². The Hall–Kier alpha value is -1.31. The van der Waals surface area contributed by atoms with Crippen molar-refractivity contribution in [2.45, 2.75) is 18.6 Å². The molecule has 1 heterocycles. The van der Waals surface area contributed by atoms with Crippen LogP contribution in [0.1, 0.15) is 6.42 Å². The van der Waals surface area contributed by atoms with Gasteiger partial charge in [0.1, 0.15) is 6.04 Å². The average molecular weight is 364 g/mol. The maximum absolute atomic E-state index is 12.1. The summed E-state index contributed by atoms with van der Waals surface area (Å²) >= 11 is 9.23. The Kier molecular flexibility index (Phi) is 4.52. The van der Waals surface area contributed by atoms with Gasteiger partial charge in [-0.15, -0.1) is 0 Å². The van der Waals surface area contributed by atoms with E-state index in [-0.39, 0.29) is 13.0 Å². The highest BCUT2D eigenvalue weighted by Gasteiger charge is 2.39. The van der Waals surface area contributed by atoms with Crippen LogP contribution in [0.2, 0.25) is 5.02 Å². The van der Waals surface area contributed by atoms with E-state index >= 15 is 0 Å². The molecule has 1 aromatic rings. The lowest BCUT2D eigenvalue weighted by Crippen LogP contribution is -2.43. The van der Waals surface area contributed by atoms with E-state index in [1.807, 2.05) is 0 Å². The molecule has 2 rings (SSSR count). The fraction of sp³-hybridized carbons (Fsp3) is 0.333. The lowest BCUT2D eigenvalue weighted by atomic mass is 10.2. The number of carbonyl (C=O) groups excluding carboxylic acids is 1. The van der Waals surface area contributed by atoms with E-state index in [0.29, 0.717) is 10.7 Å². The van der Waals surface area contributed by atoms with Crippen molar-refractivity contribution in [3.8, 4) is 0 Å². The molecule has 0 aromatic heterocycles. The lowest BCUT2D eigenvalue weighted by molar-refractivity contribution is -0.141. The third-order valence-corrected chi connectivity index (χ3v) is 3.80. The number of rotatable bonds is 2. The predicted molar refractivity (Wildman–Crippen MR) is 76.9 cm³/mol. The first kappa shape index (κ1) is 15.1. The summed E-state index contributed by atoms with van der Waals surface area (Å²) < 4.78 is 0.764. The Morgan fingerprint density at radius 2 is 2.15 bits per heavy atom. The Morgan fingerprint density at radius 1 is 1.45 bits per heavy atom. The molecule has 8 heteroatoms. The molecular weight excluding hydrogens is 351 g/mol. The quantitative estimate of drug-likeness (QED) is 0.751. The van der Waals surface area contributed by atoms with E-state index in [1.165, 1.54) is 0 Å². The van der Waals surface area contributed by atoms with Crippen LogP contribution in [0.4, 0.5) is 10.5 Å². The standard InChI is InChI=1S/C12H12BrClN2O4/c13-6-1-2-9(8(14)3-6)15-12(20)16-5-7(17)4-10(16)11(18)19/h1-3,7,10,17H,4-5H2,(H,15,20)(H,18,19)/t7-,10-/m1/s1. The van der Waals surface area contributed by atoms with Crippen LogP contribution in [0.15, 0.2) is 22.7 Å². The average Bonchev–Trinajstić information content (AvgIpc) is 2.75. The number of aliphatic hydroxyl groups excluding tert-OH is 1. The molecule has 1 fully saturated rings. The maximum Gasteiger partial charge on any atom is 0.326 e. The maximum atomic E-state index is 12.1. The number of likely N-dealkylation sites (tertiary alicyclic amines) is 1. The van der Waals surface area contributed by atoms with E-state index < -0.39 is 24.1 Å². The van der Waals surface area contributed by atoms with Crippen molar-refractivity contribution in [2.24, 2.45) is 0 Å². The van der Waals surface area contributed by atoms with Crippen molar-refractivity contribution in [1.29, 1.82) is 0 Å². The molecule has 3 N–H and O–H groups in total. The van der Waals surface area contributed by atoms with Gasteiger partial charge in [-0.05, 0) is 18.2 Å². The summed E-state index contributed by atoms with van der Waals surface area (Å²) in [6, 6.07) is 3.30. The number of benzene rings is 1. The molecule has 2 amide bonds. The number of amides is 2. The third-order valence-electron chi connectivity index (χ3n) is 3.00. The van der Waals surface area contributed by atoms with E-state index in [0.717, 1.165) is 9.37 Å². The molecule has 0 bridgehead atoms. The van der Waals surface area contributed by atoms with E-state index in [1.54, 1.807) is 18.2 Å². The first-order valence-electron chi connectivity index (χ1n) is 5.82. The number of hydrogen-bond donors (Lipinski definition) is 3. The van der Waals surface area contributed by atoms with Crippen molar-refractivity contribution < 1.29 is 19.8 Å². The zero-order valence-electron chi connectivity index (χ0n) is 10.2. The number of halogens is 2. The van der Waals surface area contributed by atoms with Gasteiger partial charge in [-0.1, -0.05) is 27.5 Å². The van der Waals surface area contributed by atoms with Crippen LogP contribution in [0, 0.1) is 0 Å². The summed E-state index contributed by atoms with van der Waals surface area (Å²) in [7, 11) is 0. The smallest absolute Gasteiger partial charge is 0.326 e. The Bertz CT molecular complexity index is 554. The van der Waals surface area contributed by atoms with Gasteiger partial charge in [-0.3, -0.25) is 0 Å². The van der Waals surface area contributed by atoms with Crippen LogP contribution < -0.4 is 5.32 Å². The van der Waals surface area contributed by atoms with Crippen molar-refractivity contribution in [2.75, 3.05) is 11.9 Å². The normalized spacial score (nSPS) is 21.9. The zero-order valence-corrected chi connectivity index (χ0v) is 12.6. The number of β-amino-alcohol motifs (C(OH)–C–C–N with tert-alkyl or cyclic N) is 1. The third kappa shape index (κ3) is 3.23. The Labute approximate surface area is 128 Å². The highest BCUT2D eigenvalue weighted by Crippen LogP contribution is 2.27. The van der Waals surface area contributed by atoms with Crippen LogP contribution in [0.5, 0.6) is 0 Å². The largest absolute Gasteiger partial charge is 0.480 e. The fourth-order valence-corrected chi connectivity index (χ4v) is 2.77. The second-order valence-electron chi connectivity index (χ2n) is 4.45. The molecule has 20 heavy (non-hydrogen) atoms. The number of urea groups is 1. The van der Waals surface area contributed by atoms with Gasteiger partial charge in [0.25, 0.3) is 0 Å². The SMILES string of the molecule is O=C(O)[C@H]1C[C@@H](O)CN1C(=O)Nc1ccc(Br)cc1Cl. The number of carboxylic acids is 1. The van der Waals surface area contributed by atoms with Gasteiger partial charge in [0.05, 0.1) is 16.8 Å². The second-order valence-corrected chi connectivity index (χ2v) is 5.77. The number of anilines is 1. The van der Waals surface area contributed by atoms with Crippen molar-refractivity contribution in [3.63, 3.8) is 0 Å². The number of nitrogens with one attached hydrogen (secondary N) is 1. The molecule has 2 atom stereocenters. The molecule has 108 valence electrons. The fourth-order valence-electron chi connectivity index (χ4n) is 2.05. The van der Waals surface area contributed by atoms with Gasteiger partial charge in [0.2, 0.25) is 0 Å². The molecule has 0 radical (unpaired) electrons. The number of aliphatic carboxylic acids is 1. The minimum absolute atomic E-state index is 0.0169. The zero-order chi connectivity index (χ0) is 14.9. The van der Waals surface area contributed by atoms with Crippen LogP contribution in [-0.4, -0.2) is 45.8 Å². The van der Waals surface area contributed by atoms with Crippen LogP contribution in [0.25, 0.3) is 0 Å². The summed E-state index contributed by atoms with van der Waals surface area (Å²) in [5, 5.41) is 21.4. The van der Waals surface area contributed by atoms with E-state index in [2.05, 4.69) is 21.2 Å².